The van der Waals surface area contributed by atoms with Gasteiger partial charge in [0.1, 0.15) is 0 Å². The van der Waals surface area contributed by atoms with Crippen LogP contribution < -0.4 is 18.9 Å². The molecule has 0 fully saturated rings. The molecule has 4 heavy (non-hydrogen) atoms. The zero-order chi connectivity index (χ0) is 2.71. The van der Waals surface area contributed by atoms with E-state index in [1.54, 1.807) is 0 Å². The van der Waals surface area contributed by atoms with Crippen LogP contribution in [-0.4, -0.2) is 0 Å². The van der Waals surface area contributed by atoms with E-state index in [0.29, 0.717) is 0 Å². The molecule has 0 saturated carbocycles. The summed E-state index contributed by atoms with van der Waals surface area (Å²) in [6.07, 6.45) is 0. The van der Waals surface area contributed by atoms with Crippen molar-refractivity contribution in [2.75, 3.05) is 0 Å². The van der Waals surface area contributed by atoms with Crippen LogP contribution >= 0.6 is 0 Å². The van der Waals surface area contributed by atoms with Crippen molar-refractivity contribution in [1.29, 1.82) is 0 Å². The van der Waals surface area contributed by atoms with E-state index in [0.717, 1.165) is 0 Å². The molecule has 4 heteroatoms. The van der Waals surface area contributed by atoms with Crippen molar-refractivity contribution in [3.8, 4) is 0 Å². The van der Waals surface area contributed by atoms with E-state index in [-0.39, 0.29) is 18.9 Å². The molecule has 0 aliphatic rings. The Morgan fingerprint density at radius 2 is 1.25 bits per heavy atom. The number of rotatable bonds is 0. The average Bonchev–Trinajstić information content (AvgIpc) is 0.918. The van der Waals surface area contributed by atoms with Crippen LogP contribution in [0.4, 0.5) is 0 Å². The van der Waals surface area contributed by atoms with Gasteiger partial charge in [0, 0.05) is 0 Å². The monoisotopic (exact) mass is 96.9 g/mol. The standard InChI is InChI=1S/Li.Ni.2O/q+1;-1;;. The molecule has 0 rings (SSSR count). The van der Waals surface area contributed by atoms with Crippen molar-refractivity contribution < 1.29 is 40.9 Å². The Kier molecular flexibility index (Phi) is 20.6. The van der Waals surface area contributed by atoms with Gasteiger partial charge in [0.15, 0.2) is 0 Å². The van der Waals surface area contributed by atoms with Gasteiger partial charge in [-0.3, -0.25) is 0 Å². The van der Waals surface area contributed by atoms with E-state index in [2.05, 4.69) is 0 Å². The van der Waals surface area contributed by atoms with Crippen molar-refractivity contribution in [3.63, 3.8) is 0 Å². The van der Waals surface area contributed by atoms with Gasteiger partial charge in [-0.25, -0.2) is 0 Å². The van der Waals surface area contributed by atoms with Gasteiger partial charge in [0.2, 0.25) is 0 Å². The SMILES string of the molecule is [Li+].[O]=[Ni-]=[O]. The van der Waals surface area contributed by atoms with Gasteiger partial charge >= 0.3 is 40.9 Å². The fourth-order valence-electron chi connectivity index (χ4n) is 0. The molecule has 0 spiro atoms. The molecule has 0 saturated heterocycles. The molecule has 23 valence electrons. The van der Waals surface area contributed by atoms with E-state index < -0.39 is 14.3 Å². The molecule has 0 aromatic rings. The first-order chi connectivity index (χ1) is 1.41. The van der Waals surface area contributed by atoms with Crippen LogP contribution in [-0.2, 0) is 22.1 Å². The molecule has 2 nitrogen and oxygen atoms in total. The summed E-state index contributed by atoms with van der Waals surface area (Å²) in [6.45, 7) is 0. The van der Waals surface area contributed by atoms with Gasteiger partial charge in [-0.15, -0.1) is 0 Å². The molecule has 0 N–H and O–H groups in total. The van der Waals surface area contributed by atoms with E-state index in [1.807, 2.05) is 0 Å². The molecule has 0 heterocycles. The van der Waals surface area contributed by atoms with Crippen LogP contribution in [0, 0.1) is 0 Å². The Balaban J connectivity index is 0. The molecule has 0 aromatic heterocycles. The average molecular weight is 97.6 g/mol. The first-order valence-electron chi connectivity index (χ1n) is 0.258. The Hall–Kier alpha value is 0.691. The van der Waals surface area contributed by atoms with Crippen molar-refractivity contribution >= 4 is 0 Å². The van der Waals surface area contributed by atoms with Gasteiger partial charge in [0.05, 0.1) is 0 Å². The molecule has 0 aliphatic heterocycles. The van der Waals surface area contributed by atoms with Crippen LogP contribution in [0.25, 0.3) is 0 Å². The minimum absolute atomic E-state index is 0. The van der Waals surface area contributed by atoms with E-state index in [9.17, 15) is 0 Å². The second-order valence-electron chi connectivity index (χ2n) is 0.0527. The molecule has 0 atom stereocenters. The van der Waals surface area contributed by atoms with Gasteiger partial charge in [-0.2, -0.15) is 0 Å². The second-order valence-corrected chi connectivity index (χ2v) is 0.217. The summed E-state index contributed by atoms with van der Waals surface area (Å²) in [4.78, 5) is 0. The molecule has 0 amide bonds. The molecule has 0 radical (unpaired) electrons. The van der Waals surface area contributed by atoms with Gasteiger partial charge in [-0.1, -0.05) is 0 Å². The van der Waals surface area contributed by atoms with Gasteiger partial charge < -0.3 is 0 Å². The van der Waals surface area contributed by atoms with Crippen LogP contribution in [0.3, 0.4) is 0 Å². The Morgan fingerprint density at radius 3 is 1.25 bits per heavy atom. The second kappa shape index (κ2) is 9.35. The van der Waals surface area contributed by atoms with Gasteiger partial charge in [-0.05, 0) is 0 Å². The molecule has 0 unspecified atom stereocenters. The molecule has 0 aliphatic carbocycles. The maximum absolute atomic E-state index is 8.31. The Morgan fingerprint density at radius 1 is 1.25 bits per heavy atom. The third kappa shape index (κ3) is 16.1. The van der Waals surface area contributed by atoms with Crippen molar-refractivity contribution in [1.82, 2.24) is 0 Å². The molecular formula is LiNiO2. The summed E-state index contributed by atoms with van der Waals surface area (Å²) in [5.41, 5.74) is 0. The molecular weight excluding hydrogens is 97.6 g/mol. The topological polar surface area (TPSA) is 34.1 Å². The summed E-state index contributed by atoms with van der Waals surface area (Å²) < 4.78 is 16.6. The zero-order valence-electron chi connectivity index (χ0n) is 2.13. The quantitative estimate of drug-likeness (QED) is 0.298. The fraction of sp³-hybridized carbons (Fsp3) is 0. The Bertz CT molecular complexity index is 27.0. The summed E-state index contributed by atoms with van der Waals surface area (Å²) in [6, 6.07) is 0. The third-order valence-electron chi connectivity index (χ3n) is 0. The predicted molar refractivity (Wildman–Crippen MR) is 1.37 cm³/mol. The summed E-state index contributed by atoms with van der Waals surface area (Å²) in [7, 11) is 0. The molecule has 0 bridgehead atoms. The van der Waals surface area contributed by atoms with E-state index in [1.165, 1.54) is 0 Å². The summed E-state index contributed by atoms with van der Waals surface area (Å²) >= 11 is -0.875. The summed E-state index contributed by atoms with van der Waals surface area (Å²) in [5.74, 6) is 0. The normalized spacial score (nSPS) is 5.00. The third-order valence-corrected chi connectivity index (χ3v) is 0. The van der Waals surface area contributed by atoms with E-state index >= 15 is 0 Å². The fourth-order valence-corrected chi connectivity index (χ4v) is 0. The van der Waals surface area contributed by atoms with Crippen LogP contribution in [0.15, 0.2) is 0 Å². The van der Waals surface area contributed by atoms with Crippen LogP contribution in [0.2, 0.25) is 0 Å². The van der Waals surface area contributed by atoms with Crippen molar-refractivity contribution in [3.05, 3.63) is 0 Å². The first-order valence-corrected chi connectivity index (χ1v) is 1.06. The summed E-state index contributed by atoms with van der Waals surface area (Å²) in [5, 5.41) is 0. The van der Waals surface area contributed by atoms with E-state index in [4.69, 9.17) is 7.79 Å². The predicted octanol–water partition coefficient (Wildman–Crippen LogP) is -3.24. The minimum atomic E-state index is -0.875. The number of hydrogen-bond donors (Lipinski definition) is 0. The van der Waals surface area contributed by atoms with Crippen molar-refractivity contribution in [2.24, 2.45) is 0 Å². The molecule has 0 aromatic carbocycles. The van der Waals surface area contributed by atoms with Crippen molar-refractivity contribution in [2.45, 2.75) is 0 Å². The first kappa shape index (κ1) is 8.83. The Labute approximate surface area is 41.3 Å². The number of hydrogen-bond acceptors (Lipinski definition) is 2. The van der Waals surface area contributed by atoms with Gasteiger partial charge in [0.25, 0.3) is 0 Å². The maximum atomic E-state index is 8.31. The zero-order valence-corrected chi connectivity index (χ0v) is 3.12. The van der Waals surface area contributed by atoms with Crippen LogP contribution in [0.5, 0.6) is 0 Å². The van der Waals surface area contributed by atoms with Crippen LogP contribution in [0.1, 0.15) is 0 Å².